The Morgan fingerprint density at radius 2 is 0.622 bits per heavy atom. The first kappa shape index (κ1) is 89.6. The van der Waals surface area contributed by atoms with Crippen LogP contribution >= 0.6 is 46.9 Å². The largest absolute Gasteiger partial charge is 0.475 e. The topological polar surface area (TPSA) is 305 Å². The summed E-state index contributed by atoms with van der Waals surface area (Å²) in [4.78, 5) is 19.6. The highest BCUT2D eigenvalue weighted by Crippen LogP contribution is 2.60. The molecule has 0 bridgehead atoms. The van der Waals surface area contributed by atoms with Crippen molar-refractivity contribution in [3.8, 4) is 0 Å². The van der Waals surface area contributed by atoms with Crippen molar-refractivity contribution in [3.05, 3.63) is 122 Å². The van der Waals surface area contributed by atoms with Crippen molar-refractivity contribution >= 4 is 58.4 Å². The van der Waals surface area contributed by atoms with E-state index < -0.39 is 46.9 Å². The zero-order valence-electron chi connectivity index (χ0n) is 59.1. The van der Waals surface area contributed by atoms with Gasteiger partial charge in [-0.15, -0.1) is 0 Å². The summed E-state index contributed by atoms with van der Waals surface area (Å²) in [5, 5.41) is 2.94. The third kappa shape index (κ3) is 33.9. The highest BCUT2D eigenvalue weighted by molar-refractivity contribution is 7.51. The Labute approximate surface area is 583 Å². The number of hydrogen-bond donors (Lipinski definition) is 1. The van der Waals surface area contributed by atoms with Gasteiger partial charge in [-0.25, -0.2) is 32.5 Å². The molecular weight excluding hydrogens is 1390 g/mol. The molecule has 0 aromatic carbocycles. The summed E-state index contributed by atoms with van der Waals surface area (Å²) in [7, 11) is -19.7. The fraction of sp³-hybridized carbons (Fsp3) is 0.667. The Bertz CT molecular complexity index is 2680. The minimum Gasteiger partial charge on any atom is -0.300 e. The van der Waals surface area contributed by atoms with Gasteiger partial charge < -0.3 is 9.59 Å². The molecule has 0 aromatic heterocycles. The van der Waals surface area contributed by atoms with Crippen LogP contribution in [0.4, 0.5) is 0 Å². The van der Waals surface area contributed by atoms with Gasteiger partial charge in [0.15, 0.2) is 0 Å². The van der Waals surface area contributed by atoms with E-state index >= 15 is 0 Å². The number of carbonyl (C=O) groups is 2. The van der Waals surface area contributed by atoms with Crippen molar-refractivity contribution in [1.29, 1.82) is 0 Å². The Balaban J connectivity index is 0.000000297. The molecule has 0 amide bonds. The number of phosphoric ester groups is 5. The van der Waals surface area contributed by atoms with Crippen LogP contribution < -0.4 is 5.09 Å². The van der Waals surface area contributed by atoms with Crippen LogP contribution in [-0.4, -0.2) is 124 Å². The molecule has 11 rings (SSSR count). The maximum Gasteiger partial charge on any atom is 0.475 e. The molecule has 0 aromatic rings. The molecule has 1 N–H and O–H groups in total. The predicted octanol–water partition coefficient (Wildman–Crippen LogP) is 17.9. The van der Waals surface area contributed by atoms with Crippen molar-refractivity contribution in [2.75, 3.05) is 39.6 Å². The average molecular weight is 1500 g/mol. The van der Waals surface area contributed by atoms with Gasteiger partial charge in [-0.05, 0) is 110 Å². The fourth-order valence-electron chi connectivity index (χ4n) is 8.91. The van der Waals surface area contributed by atoms with E-state index in [0.717, 1.165) is 6.42 Å². The Morgan fingerprint density at radius 1 is 0.378 bits per heavy atom. The minimum atomic E-state index is -3.34. The molecule has 17 unspecified atom stereocenters. The van der Waals surface area contributed by atoms with Crippen molar-refractivity contribution in [1.82, 2.24) is 5.09 Å². The first-order valence-electron chi connectivity index (χ1n) is 33.0. The Hall–Kier alpha value is -2.60. The number of Topliss-reactive ketones (excluding diaryl/α,β-unsaturated/α-hetero) is 2. The van der Waals surface area contributed by atoms with Gasteiger partial charge in [0.05, 0.1) is 107 Å². The molecule has 0 radical (unpaired) electrons. The lowest BCUT2D eigenvalue weighted by molar-refractivity contribution is -0.117. The Morgan fingerprint density at radius 3 is 0.888 bits per heavy atom. The molecule has 6 aliphatic heterocycles. The van der Waals surface area contributed by atoms with E-state index in [1.807, 2.05) is 150 Å². The predicted molar refractivity (Wildman–Crippen MR) is 378 cm³/mol. The molecule has 6 heterocycles. The number of allylic oxidation sites excluding steroid dienone is 10. The maximum atomic E-state index is 12.1. The summed E-state index contributed by atoms with van der Waals surface area (Å²) in [6, 6.07) is 0.0633. The minimum absolute atomic E-state index is 0. The number of hydrogen-bond acceptors (Lipinski definition) is 25. The van der Waals surface area contributed by atoms with Gasteiger partial charge in [-0.1, -0.05) is 143 Å². The van der Waals surface area contributed by atoms with Crippen molar-refractivity contribution in [2.24, 2.45) is 29.6 Å². The monoisotopic (exact) mass is 1500 g/mol. The lowest BCUT2D eigenvalue weighted by Crippen LogP contribution is -2.41. The van der Waals surface area contributed by atoms with Crippen LogP contribution in [0.5, 0.6) is 0 Å². The number of fused-ring (bicyclic) bond motifs is 5. The number of ketones is 2. The summed E-state index contributed by atoms with van der Waals surface area (Å²) in [6.07, 6.45) is 39.1. The van der Waals surface area contributed by atoms with Crippen molar-refractivity contribution < 1.29 is 114 Å². The lowest BCUT2D eigenvalue weighted by atomic mass is 9.97. The molecule has 11 aliphatic rings. The molecule has 0 saturated carbocycles. The van der Waals surface area contributed by atoms with E-state index in [2.05, 4.69) is 11.2 Å². The van der Waals surface area contributed by atoms with Gasteiger partial charge in [0.1, 0.15) is 11.6 Å². The molecule has 6 fully saturated rings. The molecule has 26 nitrogen and oxygen atoms in total. The first-order chi connectivity index (χ1) is 45.5. The second-order valence-corrected chi connectivity index (χ2v) is 34.5. The molecular formula is C66H111NO25P6. The van der Waals surface area contributed by atoms with Crippen molar-refractivity contribution in [2.45, 2.75) is 218 Å². The molecule has 17 atom stereocenters. The summed E-state index contributed by atoms with van der Waals surface area (Å²) in [5.74, 6) is 1.35. The van der Waals surface area contributed by atoms with E-state index in [1.165, 1.54) is 0 Å². The third-order valence-electron chi connectivity index (χ3n) is 13.6. The summed E-state index contributed by atoms with van der Waals surface area (Å²) in [5.41, 5.74) is 0. The number of carbonyl (C=O) groups excluding carboxylic acids is 2. The molecule has 5 aliphatic carbocycles. The van der Waals surface area contributed by atoms with Gasteiger partial charge in [0.2, 0.25) is 0 Å². The Kier molecular flexibility index (Phi) is 39.9. The molecule has 560 valence electrons. The standard InChI is InChI=1S/C10H16NO3P.4C10H15O4P.C7H15O4P.2C4H8O.CH4/c1-8(2)14-15(12)11-10-6-4-3-5-9(10)7-13-15;4*1-8(2)13-15(11)12-7-9-5-3-4-6-10(9)14-15;1-6(2)10-12(8)9-5-4-7(3)11-12;2*1-3-4(2)5;/h3-6,8-10H,7H2,1-2H3,(H,11,12);4*3-6,8-10H,7H2,1-2H3;6-7H,4-5H2,1-3H3;2*3H2,1-2H3;1H4. The summed E-state index contributed by atoms with van der Waals surface area (Å²) in [6.45, 7) is 32.8. The van der Waals surface area contributed by atoms with Crippen LogP contribution in [0.2, 0.25) is 0 Å². The zero-order chi connectivity index (χ0) is 72.2. The molecule has 0 spiro atoms. The van der Waals surface area contributed by atoms with Crippen LogP contribution in [0.3, 0.4) is 0 Å². The van der Waals surface area contributed by atoms with Crippen LogP contribution in [0.25, 0.3) is 0 Å². The zero-order valence-corrected chi connectivity index (χ0v) is 64.5. The maximum absolute atomic E-state index is 12.1. The van der Waals surface area contributed by atoms with Gasteiger partial charge in [0, 0.05) is 48.5 Å². The number of phosphoric acid groups is 5. The SMILES string of the molecule is C.CC(C)OP1(=O)NC2C=CC=CC2CO1.CC(C)OP1(=O)OCC2C=CC=CC2O1.CC(C)OP1(=O)OCC2C=CC=CC2O1.CC(C)OP1(=O)OCC2C=CC=CC2O1.CC(C)OP1(=O)OCC2C=CC=CC2O1.CC(C)OP1(=O)OCCC(C)O1.CCC(C)=O.CCC(C)=O. The highest BCUT2D eigenvalue weighted by Gasteiger charge is 2.44. The van der Waals surface area contributed by atoms with Crippen molar-refractivity contribution in [3.63, 3.8) is 0 Å². The first-order valence-corrected chi connectivity index (χ1v) is 41.9. The van der Waals surface area contributed by atoms with Crippen LogP contribution in [0.1, 0.15) is 144 Å². The lowest BCUT2D eigenvalue weighted by Gasteiger charge is -2.35. The molecule has 98 heavy (non-hydrogen) atoms. The highest BCUT2D eigenvalue weighted by atomic mass is 31.2. The smallest absolute Gasteiger partial charge is 0.300 e. The van der Waals surface area contributed by atoms with Gasteiger partial charge in [-0.2, -0.15) is 0 Å². The van der Waals surface area contributed by atoms with Crippen LogP contribution in [0, 0.1) is 29.6 Å². The normalized spacial score (nSPS) is 35.5. The van der Waals surface area contributed by atoms with E-state index in [9.17, 15) is 37.0 Å². The second kappa shape index (κ2) is 43.6. The van der Waals surface area contributed by atoms with Gasteiger partial charge in [0.25, 0.3) is 0 Å². The fourth-order valence-corrected chi connectivity index (χ4v) is 18.5. The third-order valence-corrected chi connectivity index (χ3v) is 23.8. The summed E-state index contributed by atoms with van der Waals surface area (Å²) >= 11 is 0. The van der Waals surface area contributed by atoms with E-state index in [-0.39, 0.29) is 122 Å². The summed E-state index contributed by atoms with van der Waals surface area (Å²) < 4.78 is 160. The van der Waals surface area contributed by atoms with Gasteiger partial charge >= 0.3 is 46.9 Å². The molecule has 6 saturated heterocycles. The van der Waals surface area contributed by atoms with Crippen LogP contribution in [-0.2, 0) is 114 Å². The second-order valence-electron chi connectivity index (χ2n) is 24.9. The average Bonchev–Trinajstić information content (AvgIpc) is 0.838. The van der Waals surface area contributed by atoms with E-state index in [4.69, 9.17) is 76.9 Å². The quantitative estimate of drug-likeness (QED) is 0.158. The number of nitrogens with one attached hydrogen (secondary N) is 1. The van der Waals surface area contributed by atoms with E-state index in [1.54, 1.807) is 83.1 Å². The number of rotatable bonds is 14. The van der Waals surface area contributed by atoms with E-state index in [0.29, 0.717) is 52.5 Å². The van der Waals surface area contributed by atoms with Gasteiger partial charge in [-0.3, -0.25) is 76.9 Å². The molecule has 32 heteroatoms. The van der Waals surface area contributed by atoms with Crippen LogP contribution in [0.15, 0.2) is 122 Å².